The molecule has 0 aliphatic heterocycles. The van der Waals surface area contributed by atoms with Gasteiger partial charge < -0.3 is 0 Å². The van der Waals surface area contributed by atoms with Gasteiger partial charge in [0.2, 0.25) is 6.19 Å². The number of hydrogen-bond donors (Lipinski definition) is 0. The van der Waals surface area contributed by atoms with Crippen LogP contribution in [0.25, 0.3) is 5.69 Å². The molecule has 0 unspecified atom stereocenters. The number of rotatable bonds is 1. The van der Waals surface area contributed by atoms with Gasteiger partial charge in [-0.15, -0.1) is 0 Å². The summed E-state index contributed by atoms with van der Waals surface area (Å²) in [4.78, 5) is 7.69. The Balaban J connectivity index is 2.61. The molecule has 0 radical (unpaired) electrons. The monoisotopic (exact) mass is 230 g/mol. The second-order valence-electron chi connectivity index (χ2n) is 2.98. The van der Waals surface area contributed by atoms with Gasteiger partial charge in [-0.25, -0.2) is 4.98 Å². The third-order valence-corrected chi connectivity index (χ3v) is 2.22. The van der Waals surface area contributed by atoms with Crippen LogP contribution in [-0.4, -0.2) is 9.55 Å². The van der Waals surface area contributed by atoms with E-state index in [0.29, 0.717) is 10.6 Å². The van der Waals surface area contributed by atoms with Gasteiger partial charge in [0.15, 0.2) is 0 Å². The SMILES string of the molecule is N#CN=c1ccccn1-c1ccc(Cl)nc1. The van der Waals surface area contributed by atoms with Crippen molar-refractivity contribution in [1.82, 2.24) is 9.55 Å². The lowest BCUT2D eigenvalue weighted by molar-refractivity contribution is 0.943. The third kappa shape index (κ3) is 2.10. The molecule has 0 atom stereocenters. The zero-order valence-electron chi connectivity index (χ0n) is 8.21. The van der Waals surface area contributed by atoms with E-state index < -0.39 is 0 Å². The highest BCUT2D eigenvalue weighted by Gasteiger charge is 1.97. The number of nitrogens with zero attached hydrogens (tertiary/aromatic N) is 4. The van der Waals surface area contributed by atoms with E-state index in [-0.39, 0.29) is 0 Å². The molecule has 2 heterocycles. The van der Waals surface area contributed by atoms with Crippen LogP contribution in [-0.2, 0) is 0 Å². The van der Waals surface area contributed by atoms with Gasteiger partial charge in [0.1, 0.15) is 10.6 Å². The van der Waals surface area contributed by atoms with Crippen LogP contribution in [0.2, 0.25) is 5.15 Å². The van der Waals surface area contributed by atoms with Crippen LogP contribution in [0.15, 0.2) is 47.7 Å². The number of halogens is 1. The first kappa shape index (κ1) is 10.4. The first-order chi connectivity index (χ1) is 7.81. The number of pyridine rings is 2. The van der Waals surface area contributed by atoms with Crippen molar-refractivity contribution in [2.45, 2.75) is 0 Å². The van der Waals surface area contributed by atoms with Gasteiger partial charge in [-0.2, -0.15) is 10.3 Å². The van der Waals surface area contributed by atoms with Crippen molar-refractivity contribution < 1.29 is 0 Å². The summed E-state index contributed by atoms with van der Waals surface area (Å²) in [5, 5.41) is 9.00. The van der Waals surface area contributed by atoms with Crippen LogP contribution in [0.5, 0.6) is 0 Å². The molecule has 5 heteroatoms. The minimum absolute atomic E-state index is 0.430. The van der Waals surface area contributed by atoms with Gasteiger partial charge in [-0.3, -0.25) is 4.57 Å². The highest BCUT2D eigenvalue weighted by molar-refractivity contribution is 6.29. The van der Waals surface area contributed by atoms with Crippen LogP contribution in [0.4, 0.5) is 0 Å². The standard InChI is InChI=1S/C11H7ClN4/c12-10-5-4-9(7-14-10)16-6-2-1-3-11(16)15-8-13/h1-7H. The zero-order chi connectivity index (χ0) is 11.4. The largest absolute Gasteiger partial charge is 0.300 e. The summed E-state index contributed by atoms with van der Waals surface area (Å²) in [6, 6.07) is 8.91. The maximum atomic E-state index is 8.57. The Morgan fingerprint density at radius 1 is 1.31 bits per heavy atom. The van der Waals surface area contributed by atoms with E-state index in [1.54, 1.807) is 35.3 Å². The van der Waals surface area contributed by atoms with E-state index in [0.717, 1.165) is 5.69 Å². The molecule has 0 aliphatic rings. The van der Waals surface area contributed by atoms with Gasteiger partial charge in [0, 0.05) is 6.20 Å². The molecule has 0 saturated heterocycles. The second kappa shape index (κ2) is 4.60. The predicted octanol–water partition coefficient (Wildman–Crippen LogP) is 1.91. The summed E-state index contributed by atoms with van der Waals surface area (Å²) in [7, 11) is 0. The van der Waals surface area contributed by atoms with E-state index in [2.05, 4.69) is 9.98 Å². The average Bonchev–Trinajstić information content (AvgIpc) is 2.32. The molecule has 78 valence electrons. The van der Waals surface area contributed by atoms with E-state index in [1.807, 2.05) is 18.2 Å². The van der Waals surface area contributed by atoms with Gasteiger partial charge in [-0.1, -0.05) is 17.7 Å². The second-order valence-corrected chi connectivity index (χ2v) is 3.37. The molecule has 0 aromatic carbocycles. The van der Waals surface area contributed by atoms with Crippen molar-refractivity contribution in [3.63, 3.8) is 0 Å². The van der Waals surface area contributed by atoms with Crippen molar-refractivity contribution in [1.29, 1.82) is 5.26 Å². The molecule has 0 aliphatic carbocycles. The first-order valence-electron chi connectivity index (χ1n) is 4.54. The molecule has 4 nitrogen and oxygen atoms in total. The van der Waals surface area contributed by atoms with E-state index in [4.69, 9.17) is 16.9 Å². The van der Waals surface area contributed by atoms with Crippen LogP contribution < -0.4 is 5.49 Å². The minimum atomic E-state index is 0.430. The molecule has 16 heavy (non-hydrogen) atoms. The average molecular weight is 231 g/mol. The molecule has 0 saturated carbocycles. The fourth-order valence-corrected chi connectivity index (χ4v) is 1.42. The molecule has 0 N–H and O–H groups in total. The van der Waals surface area contributed by atoms with Crippen LogP contribution in [0, 0.1) is 11.5 Å². The fourth-order valence-electron chi connectivity index (χ4n) is 1.31. The first-order valence-corrected chi connectivity index (χ1v) is 4.91. The lowest BCUT2D eigenvalue weighted by atomic mass is 10.4. The maximum Gasteiger partial charge on any atom is 0.207 e. The highest BCUT2D eigenvalue weighted by atomic mass is 35.5. The van der Waals surface area contributed by atoms with Crippen molar-refractivity contribution in [3.05, 3.63) is 53.4 Å². The summed E-state index contributed by atoms with van der Waals surface area (Å²) in [5.41, 5.74) is 1.35. The Morgan fingerprint density at radius 3 is 2.88 bits per heavy atom. The smallest absolute Gasteiger partial charge is 0.207 e. The van der Waals surface area contributed by atoms with Crippen molar-refractivity contribution in [2.75, 3.05) is 0 Å². The van der Waals surface area contributed by atoms with E-state index in [9.17, 15) is 0 Å². The summed E-state index contributed by atoms with van der Waals surface area (Å²) in [5.74, 6) is 0. The van der Waals surface area contributed by atoms with Crippen LogP contribution in [0.1, 0.15) is 0 Å². The molecule has 0 amide bonds. The summed E-state index contributed by atoms with van der Waals surface area (Å²) in [6.07, 6.45) is 5.19. The Hall–Kier alpha value is -2.12. The van der Waals surface area contributed by atoms with Gasteiger partial charge in [-0.05, 0) is 24.3 Å². The van der Waals surface area contributed by atoms with Crippen molar-refractivity contribution in [3.8, 4) is 11.9 Å². The van der Waals surface area contributed by atoms with E-state index >= 15 is 0 Å². The topological polar surface area (TPSA) is 54.0 Å². The number of nitriles is 1. The van der Waals surface area contributed by atoms with Gasteiger partial charge >= 0.3 is 0 Å². The van der Waals surface area contributed by atoms with Crippen molar-refractivity contribution in [2.24, 2.45) is 4.99 Å². The molecule has 0 spiro atoms. The molecule has 0 bridgehead atoms. The quantitative estimate of drug-likeness (QED) is 0.555. The summed E-state index contributed by atoms with van der Waals surface area (Å²) < 4.78 is 1.76. The molecular formula is C11H7ClN4. The Bertz CT molecular complexity index is 592. The summed E-state index contributed by atoms with van der Waals surface area (Å²) in [6.45, 7) is 0. The Labute approximate surface area is 97.1 Å². The normalized spacial score (nSPS) is 11.1. The van der Waals surface area contributed by atoms with Gasteiger partial charge in [0.05, 0.1) is 11.9 Å². The predicted molar refractivity (Wildman–Crippen MR) is 59.8 cm³/mol. The summed E-state index contributed by atoms with van der Waals surface area (Å²) >= 11 is 5.70. The molecule has 0 fully saturated rings. The Kier molecular flexibility index (Phi) is 2.99. The Morgan fingerprint density at radius 2 is 2.19 bits per heavy atom. The van der Waals surface area contributed by atoms with E-state index in [1.165, 1.54) is 0 Å². The maximum absolute atomic E-state index is 8.57. The highest BCUT2D eigenvalue weighted by Crippen LogP contribution is 2.07. The van der Waals surface area contributed by atoms with Crippen LogP contribution in [0.3, 0.4) is 0 Å². The molecule has 2 rings (SSSR count). The van der Waals surface area contributed by atoms with Crippen molar-refractivity contribution >= 4 is 11.6 Å². The minimum Gasteiger partial charge on any atom is -0.300 e. The zero-order valence-corrected chi connectivity index (χ0v) is 8.96. The lowest BCUT2D eigenvalue weighted by Crippen LogP contribution is -2.17. The van der Waals surface area contributed by atoms with Crippen LogP contribution >= 0.6 is 11.6 Å². The third-order valence-electron chi connectivity index (χ3n) is 1.99. The lowest BCUT2D eigenvalue weighted by Gasteiger charge is -2.05. The number of hydrogen-bond acceptors (Lipinski definition) is 3. The molecule has 2 aromatic heterocycles. The fraction of sp³-hybridized carbons (Fsp3) is 0. The molecule has 2 aromatic rings. The number of aromatic nitrogens is 2. The van der Waals surface area contributed by atoms with Gasteiger partial charge in [0.25, 0.3) is 0 Å². The molecular weight excluding hydrogens is 224 g/mol.